The van der Waals surface area contributed by atoms with Gasteiger partial charge in [-0.15, -0.1) is 12.4 Å². The van der Waals surface area contributed by atoms with E-state index in [0.717, 1.165) is 18.2 Å². The second kappa shape index (κ2) is 7.32. The van der Waals surface area contributed by atoms with Crippen molar-refractivity contribution in [3.63, 3.8) is 0 Å². The molecule has 22 heavy (non-hydrogen) atoms. The maximum atomic E-state index is 13.5. The molecule has 2 unspecified atom stereocenters. The molecule has 1 heterocycles. The summed E-state index contributed by atoms with van der Waals surface area (Å²) in [6.07, 6.45) is 1.15. The molecule has 1 aromatic rings. The van der Waals surface area contributed by atoms with Crippen LogP contribution in [-0.4, -0.2) is 32.0 Å². The molecule has 0 aromatic heterocycles. The molecule has 1 saturated heterocycles. The smallest absolute Gasteiger partial charge is 0.314 e. The molecule has 0 aliphatic carbocycles. The van der Waals surface area contributed by atoms with Crippen LogP contribution in [0, 0.1) is 15.9 Å². The highest BCUT2D eigenvalue weighted by atomic mass is 35.5. The molecule has 2 atom stereocenters. The summed E-state index contributed by atoms with van der Waals surface area (Å²) in [5.41, 5.74) is -1.02. The molecule has 7 nitrogen and oxygen atoms in total. The Morgan fingerprint density at radius 3 is 2.73 bits per heavy atom. The number of hydrogen-bond acceptors (Lipinski definition) is 5. The molecule has 0 spiro atoms. The molecular weight excluding hydrogens is 337 g/mol. The van der Waals surface area contributed by atoms with Crippen LogP contribution in [0.5, 0.6) is 0 Å². The van der Waals surface area contributed by atoms with Gasteiger partial charge in [-0.05, 0) is 38.4 Å². The molecule has 2 N–H and O–H groups in total. The number of para-hydroxylation sites is 1. The first-order chi connectivity index (χ1) is 9.81. The van der Waals surface area contributed by atoms with Crippen LogP contribution in [0.4, 0.5) is 10.1 Å². The number of nitro groups is 1. The van der Waals surface area contributed by atoms with Crippen LogP contribution in [0.25, 0.3) is 0 Å². The zero-order valence-electron chi connectivity index (χ0n) is 11.8. The minimum absolute atomic E-state index is 0. The molecule has 0 saturated carbocycles. The average molecular weight is 354 g/mol. The van der Waals surface area contributed by atoms with Gasteiger partial charge in [0.2, 0.25) is 15.8 Å². The Balaban J connectivity index is 0.00000242. The third kappa shape index (κ3) is 4.13. The Kier molecular flexibility index (Phi) is 6.24. The van der Waals surface area contributed by atoms with Crippen molar-refractivity contribution in [2.75, 3.05) is 6.54 Å². The Morgan fingerprint density at radius 1 is 1.45 bits per heavy atom. The topological polar surface area (TPSA) is 101 Å². The van der Waals surface area contributed by atoms with E-state index in [2.05, 4.69) is 10.0 Å². The number of hydrogen-bond donors (Lipinski definition) is 2. The van der Waals surface area contributed by atoms with Gasteiger partial charge in [-0.2, -0.15) is 4.39 Å². The molecule has 2 rings (SSSR count). The van der Waals surface area contributed by atoms with Crippen molar-refractivity contribution in [2.24, 2.45) is 0 Å². The van der Waals surface area contributed by atoms with Crippen LogP contribution in [0.15, 0.2) is 23.1 Å². The van der Waals surface area contributed by atoms with Gasteiger partial charge in [0.05, 0.1) is 4.92 Å². The van der Waals surface area contributed by atoms with Crippen molar-refractivity contribution in [2.45, 2.75) is 36.7 Å². The van der Waals surface area contributed by atoms with Crippen LogP contribution >= 0.6 is 12.4 Å². The maximum Gasteiger partial charge on any atom is 0.324 e. The summed E-state index contributed by atoms with van der Waals surface area (Å²) in [4.78, 5) is 9.24. The summed E-state index contributed by atoms with van der Waals surface area (Å²) < 4.78 is 40.5. The lowest BCUT2D eigenvalue weighted by molar-refractivity contribution is -0.390. The lowest BCUT2D eigenvalue weighted by atomic mass is 10.0. The van der Waals surface area contributed by atoms with Gasteiger partial charge >= 0.3 is 5.69 Å². The fourth-order valence-electron chi connectivity index (χ4n) is 2.41. The number of sulfonamides is 1. The fraction of sp³-hybridized carbons (Fsp3) is 0.500. The van der Waals surface area contributed by atoms with Crippen molar-refractivity contribution in [1.29, 1.82) is 0 Å². The van der Waals surface area contributed by atoms with Gasteiger partial charge in [-0.25, -0.2) is 13.1 Å². The van der Waals surface area contributed by atoms with Gasteiger partial charge in [-0.1, -0.05) is 6.07 Å². The van der Waals surface area contributed by atoms with Crippen LogP contribution < -0.4 is 10.0 Å². The Hall–Kier alpha value is -1.29. The van der Waals surface area contributed by atoms with Crippen molar-refractivity contribution in [3.8, 4) is 0 Å². The molecular formula is C12H17ClFN3O4S. The van der Waals surface area contributed by atoms with Gasteiger partial charge in [0, 0.05) is 12.1 Å². The molecule has 1 fully saturated rings. The van der Waals surface area contributed by atoms with Crippen molar-refractivity contribution < 1.29 is 17.7 Å². The molecule has 1 aromatic carbocycles. The molecule has 1 aliphatic heterocycles. The normalized spacial score (nSPS) is 21.9. The first-order valence-electron chi connectivity index (χ1n) is 6.50. The standard InChI is InChI=1S/C12H16FN3O4S.ClH/c1-8-7-9(5-6-14-8)15-21(19,20)11-4-2-3-10(13)12(11)16(17)18;/h2-4,8-9,14-15H,5-7H2,1H3;1H. The second-order valence-electron chi connectivity index (χ2n) is 5.04. The van der Waals surface area contributed by atoms with E-state index >= 15 is 0 Å². The van der Waals surface area contributed by atoms with Gasteiger partial charge in [-0.3, -0.25) is 10.1 Å². The van der Waals surface area contributed by atoms with E-state index in [4.69, 9.17) is 0 Å². The predicted octanol–water partition coefficient (Wildman–Crippen LogP) is 1.57. The molecule has 124 valence electrons. The highest BCUT2D eigenvalue weighted by Crippen LogP contribution is 2.27. The van der Waals surface area contributed by atoms with Crippen molar-refractivity contribution in [1.82, 2.24) is 10.0 Å². The van der Waals surface area contributed by atoms with Crippen LogP contribution in [0.2, 0.25) is 0 Å². The summed E-state index contributed by atoms with van der Waals surface area (Å²) in [7, 11) is -4.14. The third-order valence-corrected chi connectivity index (χ3v) is 4.92. The van der Waals surface area contributed by atoms with Gasteiger partial charge in [0.25, 0.3) is 0 Å². The van der Waals surface area contributed by atoms with Crippen molar-refractivity contribution >= 4 is 28.1 Å². The van der Waals surface area contributed by atoms with Crippen molar-refractivity contribution in [3.05, 3.63) is 34.1 Å². The third-order valence-electron chi connectivity index (χ3n) is 3.37. The van der Waals surface area contributed by atoms with E-state index in [9.17, 15) is 22.9 Å². The quantitative estimate of drug-likeness (QED) is 0.632. The van der Waals surface area contributed by atoms with Crippen LogP contribution in [-0.2, 0) is 10.0 Å². The van der Waals surface area contributed by atoms with Crippen LogP contribution in [0.1, 0.15) is 19.8 Å². The summed E-state index contributed by atoms with van der Waals surface area (Å²) in [5, 5.41) is 14.1. The van der Waals surface area contributed by atoms with E-state index in [-0.39, 0.29) is 24.5 Å². The molecule has 0 bridgehead atoms. The summed E-state index contributed by atoms with van der Waals surface area (Å²) in [6.45, 7) is 2.57. The summed E-state index contributed by atoms with van der Waals surface area (Å²) in [5.74, 6) is -1.17. The Morgan fingerprint density at radius 2 is 2.14 bits per heavy atom. The predicted molar refractivity (Wildman–Crippen MR) is 81.1 cm³/mol. The zero-order valence-corrected chi connectivity index (χ0v) is 13.4. The molecule has 10 heteroatoms. The number of nitrogens with one attached hydrogen (secondary N) is 2. The second-order valence-corrected chi connectivity index (χ2v) is 6.72. The lowest BCUT2D eigenvalue weighted by Gasteiger charge is -2.28. The first-order valence-corrected chi connectivity index (χ1v) is 7.98. The van der Waals surface area contributed by atoms with E-state index in [1.165, 1.54) is 0 Å². The molecule has 0 radical (unpaired) electrons. The van der Waals surface area contributed by atoms with E-state index in [1.54, 1.807) is 0 Å². The van der Waals surface area contributed by atoms with Gasteiger partial charge in [0.1, 0.15) is 0 Å². The molecule has 0 amide bonds. The summed E-state index contributed by atoms with van der Waals surface area (Å²) >= 11 is 0. The Labute approximate surface area is 133 Å². The highest BCUT2D eigenvalue weighted by molar-refractivity contribution is 7.89. The average Bonchev–Trinajstić information content (AvgIpc) is 2.37. The maximum absolute atomic E-state index is 13.5. The number of rotatable bonds is 4. The Bertz CT molecular complexity index is 656. The minimum Gasteiger partial charge on any atom is -0.314 e. The fourth-order valence-corrected chi connectivity index (χ4v) is 3.88. The number of nitrogens with zero attached hydrogens (tertiary/aromatic N) is 1. The zero-order chi connectivity index (χ0) is 15.6. The monoisotopic (exact) mass is 353 g/mol. The van der Waals surface area contributed by atoms with Gasteiger partial charge in [0.15, 0.2) is 4.90 Å². The minimum atomic E-state index is -4.14. The number of piperidine rings is 1. The first kappa shape index (κ1) is 18.8. The largest absolute Gasteiger partial charge is 0.324 e. The highest BCUT2D eigenvalue weighted by Gasteiger charge is 2.32. The number of nitro benzene ring substituents is 1. The number of halogens is 2. The van der Waals surface area contributed by atoms with E-state index in [0.29, 0.717) is 19.4 Å². The van der Waals surface area contributed by atoms with E-state index < -0.39 is 31.3 Å². The summed E-state index contributed by atoms with van der Waals surface area (Å²) in [6, 6.07) is 2.86. The molecule has 1 aliphatic rings. The lowest BCUT2D eigenvalue weighted by Crippen LogP contribution is -2.46. The SMILES string of the molecule is CC1CC(NS(=O)(=O)c2cccc(F)c2[N+](=O)[O-])CCN1.Cl. The van der Waals surface area contributed by atoms with Gasteiger partial charge < -0.3 is 5.32 Å². The van der Waals surface area contributed by atoms with Crippen LogP contribution in [0.3, 0.4) is 0 Å². The van der Waals surface area contributed by atoms with E-state index in [1.807, 2.05) is 6.92 Å². The number of benzene rings is 1.